The molecule has 2 saturated carbocycles. The van der Waals surface area contributed by atoms with Crippen molar-refractivity contribution in [2.45, 2.75) is 91.8 Å². The lowest BCUT2D eigenvalue weighted by molar-refractivity contribution is -0.129. The van der Waals surface area contributed by atoms with E-state index in [-0.39, 0.29) is 15.9 Å². The Hall–Kier alpha value is -0.413. The van der Waals surface area contributed by atoms with Gasteiger partial charge in [-0.2, -0.15) is 0 Å². The van der Waals surface area contributed by atoms with E-state index in [9.17, 15) is 4.79 Å². The van der Waals surface area contributed by atoms with Crippen LogP contribution >= 0.6 is 0 Å². The topological polar surface area (TPSA) is 26.3 Å². The highest BCUT2D eigenvalue weighted by molar-refractivity contribution is 6.74. The summed E-state index contributed by atoms with van der Waals surface area (Å²) in [7, 11) is -1.69. The molecule has 0 aromatic rings. The lowest BCUT2D eigenvalue weighted by Gasteiger charge is -2.39. The van der Waals surface area contributed by atoms with E-state index in [0.29, 0.717) is 29.5 Å². The van der Waals surface area contributed by atoms with E-state index in [1.54, 1.807) is 0 Å². The van der Waals surface area contributed by atoms with E-state index < -0.39 is 8.32 Å². The van der Waals surface area contributed by atoms with Gasteiger partial charge in [0.05, 0.1) is 0 Å². The van der Waals surface area contributed by atoms with Crippen molar-refractivity contribution < 1.29 is 9.22 Å². The summed E-state index contributed by atoms with van der Waals surface area (Å²) < 4.78 is 6.49. The van der Waals surface area contributed by atoms with Crippen LogP contribution in [0.5, 0.6) is 0 Å². The molecule has 5 atom stereocenters. The molecule has 2 fully saturated rings. The normalized spacial score (nSPS) is 35.9. The third kappa shape index (κ3) is 4.01. The monoisotopic (exact) mass is 390 g/mol. The van der Waals surface area contributed by atoms with E-state index in [2.05, 4.69) is 66.8 Å². The summed E-state index contributed by atoms with van der Waals surface area (Å²) in [4.78, 5) is 13.2. The van der Waals surface area contributed by atoms with Crippen molar-refractivity contribution >= 4 is 14.1 Å². The molecular formula is C24H42O2Si. The van der Waals surface area contributed by atoms with Gasteiger partial charge >= 0.3 is 0 Å². The predicted molar refractivity (Wildman–Crippen MR) is 116 cm³/mol. The van der Waals surface area contributed by atoms with Gasteiger partial charge in [0.25, 0.3) is 0 Å². The number of carbonyl (C=O) groups is 1. The fraction of sp³-hybridized carbons (Fsp3) is 0.875. The first-order valence-corrected chi connectivity index (χ1v) is 14.0. The molecule has 2 bridgehead atoms. The lowest BCUT2D eigenvalue weighted by Crippen LogP contribution is -2.43. The fourth-order valence-corrected chi connectivity index (χ4v) is 6.65. The van der Waals surface area contributed by atoms with Crippen molar-refractivity contribution in [1.82, 2.24) is 0 Å². The molecule has 0 saturated heterocycles. The Kier molecular flexibility index (Phi) is 5.39. The number of fused-ring (bicyclic) bond motifs is 5. The molecule has 3 rings (SSSR count). The SMILES string of the molecule is CC(C)(CCC[C@]1(C)C[C@@H]2[C@H](C1=O)[C@@H]1C=C[C@H]2C1)CO[Si](C)(C)C(C)(C)C. The highest BCUT2D eigenvalue weighted by Gasteiger charge is 2.58. The maximum Gasteiger partial charge on any atom is 0.192 e. The second kappa shape index (κ2) is 6.83. The Morgan fingerprint density at radius 2 is 1.78 bits per heavy atom. The van der Waals surface area contributed by atoms with Crippen LogP contribution in [0, 0.1) is 34.5 Å². The number of rotatable bonds is 7. The lowest BCUT2D eigenvalue weighted by atomic mass is 9.77. The van der Waals surface area contributed by atoms with Gasteiger partial charge in [-0.15, -0.1) is 0 Å². The zero-order chi connectivity index (χ0) is 20.3. The molecule has 0 N–H and O–H groups in total. The molecule has 27 heavy (non-hydrogen) atoms. The van der Waals surface area contributed by atoms with Crippen LogP contribution in [0.2, 0.25) is 18.1 Å². The first-order valence-electron chi connectivity index (χ1n) is 11.1. The van der Waals surface area contributed by atoms with Gasteiger partial charge in [-0.25, -0.2) is 0 Å². The van der Waals surface area contributed by atoms with Crippen LogP contribution in [0.25, 0.3) is 0 Å². The third-order valence-corrected chi connectivity index (χ3v) is 12.9. The fourth-order valence-electron chi connectivity index (χ4n) is 5.46. The maximum atomic E-state index is 13.2. The number of hydrogen-bond donors (Lipinski definition) is 0. The minimum absolute atomic E-state index is 0.0748. The van der Waals surface area contributed by atoms with Crippen LogP contribution in [-0.2, 0) is 9.22 Å². The van der Waals surface area contributed by atoms with E-state index >= 15 is 0 Å². The molecule has 0 unspecified atom stereocenters. The molecule has 0 aliphatic heterocycles. The first kappa shape index (κ1) is 21.3. The zero-order valence-corrected chi connectivity index (χ0v) is 20.0. The highest BCUT2D eigenvalue weighted by atomic mass is 28.4. The molecule has 0 radical (unpaired) electrons. The maximum absolute atomic E-state index is 13.2. The van der Waals surface area contributed by atoms with Gasteiger partial charge in [-0.1, -0.05) is 60.1 Å². The number of hydrogen-bond acceptors (Lipinski definition) is 2. The van der Waals surface area contributed by atoms with E-state index in [1.165, 1.54) is 6.42 Å². The molecule has 0 aromatic heterocycles. The number of ketones is 1. The number of allylic oxidation sites excluding steroid dienone is 2. The molecule has 0 spiro atoms. The van der Waals surface area contributed by atoms with Gasteiger partial charge in [-0.05, 0) is 67.0 Å². The molecular weight excluding hydrogens is 348 g/mol. The largest absolute Gasteiger partial charge is 0.416 e. The predicted octanol–water partition coefficient (Wildman–Crippen LogP) is 6.62. The average Bonchev–Trinajstić information content (AvgIpc) is 3.18. The van der Waals surface area contributed by atoms with Crippen molar-refractivity contribution in [3.05, 3.63) is 12.2 Å². The Balaban J connectivity index is 1.50. The Morgan fingerprint density at radius 3 is 2.37 bits per heavy atom. The van der Waals surface area contributed by atoms with Crippen LogP contribution in [0.1, 0.15) is 73.6 Å². The highest BCUT2D eigenvalue weighted by Crippen LogP contribution is 2.60. The number of Topliss-reactive ketones (excluding diaryl/α,β-unsaturated/α-hetero) is 1. The van der Waals surface area contributed by atoms with E-state index in [1.807, 2.05) is 0 Å². The van der Waals surface area contributed by atoms with Crippen molar-refractivity contribution in [1.29, 1.82) is 0 Å². The van der Waals surface area contributed by atoms with Crippen LogP contribution < -0.4 is 0 Å². The summed E-state index contributed by atoms with van der Waals surface area (Å²) in [5, 5.41) is 0.262. The molecule has 0 heterocycles. The summed E-state index contributed by atoms with van der Waals surface area (Å²) >= 11 is 0. The van der Waals surface area contributed by atoms with Gasteiger partial charge in [0.2, 0.25) is 0 Å². The second-order valence-corrected chi connectivity index (χ2v) is 17.1. The minimum Gasteiger partial charge on any atom is -0.416 e. The standard InChI is InChI=1S/C24H42O2Si/c1-22(2,3)27(7,8)26-16-23(4,5)12-9-13-24(6)15-19-17-10-11-18(14-17)20(19)21(24)25/h10-11,17-20H,9,12-16H2,1-8H3/t17-,18+,19-,20+,24+/m0/s1. The summed E-state index contributed by atoms with van der Waals surface area (Å²) in [5.41, 5.74) is 0.110. The van der Waals surface area contributed by atoms with Crippen LogP contribution in [0.3, 0.4) is 0 Å². The van der Waals surface area contributed by atoms with Crippen LogP contribution in [0.15, 0.2) is 12.2 Å². The first-order chi connectivity index (χ1) is 12.3. The van der Waals surface area contributed by atoms with Crippen molar-refractivity contribution in [3.63, 3.8) is 0 Å². The van der Waals surface area contributed by atoms with Crippen molar-refractivity contribution in [2.75, 3.05) is 6.61 Å². The molecule has 3 aliphatic carbocycles. The average molecular weight is 391 g/mol. The molecule has 0 amide bonds. The Morgan fingerprint density at radius 1 is 1.15 bits per heavy atom. The Bertz CT molecular complexity index is 612. The summed E-state index contributed by atoms with van der Waals surface area (Å²) in [6.07, 6.45) is 10.4. The van der Waals surface area contributed by atoms with E-state index in [4.69, 9.17) is 4.43 Å². The quantitative estimate of drug-likeness (QED) is 0.360. The molecule has 3 heteroatoms. The number of carbonyl (C=O) groups excluding carboxylic acids is 1. The second-order valence-electron chi connectivity index (χ2n) is 12.3. The molecule has 3 aliphatic rings. The molecule has 0 aromatic carbocycles. The summed E-state index contributed by atoms with van der Waals surface area (Å²) in [6.45, 7) is 19.3. The van der Waals surface area contributed by atoms with Crippen LogP contribution in [0.4, 0.5) is 0 Å². The van der Waals surface area contributed by atoms with Crippen LogP contribution in [-0.4, -0.2) is 20.7 Å². The van der Waals surface area contributed by atoms with E-state index in [0.717, 1.165) is 32.3 Å². The Labute approximate surface area is 168 Å². The summed E-state index contributed by atoms with van der Waals surface area (Å²) in [6, 6.07) is 0. The molecule has 2 nitrogen and oxygen atoms in total. The minimum atomic E-state index is -1.69. The van der Waals surface area contributed by atoms with Gasteiger partial charge in [0.1, 0.15) is 5.78 Å². The van der Waals surface area contributed by atoms with Gasteiger partial charge < -0.3 is 4.43 Å². The van der Waals surface area contributed by atoms with Crippen molar-refractivity contribution in [2.24, 2.45) is 34.5 Å². The smallest absolute Gasteiger partial charge is 0.192 e. The van der Waals surface area contributed by atoms with Gasteiger partial charge in [-0.3, -0.25) is 4.79 Å². The van der Waals surface area contributed by atoms with Gasteiger partial charge in [0, 0.05) is 17.9 Å². The van der Waals surface area contributed by atoms with Gasteiger partial charge in [0.15, 0.2) is 8.32 Å². The zero-order valence-electron chi connectivity index (χ0n) is 19.0. The third-order valence-electron chi connectivity index (χ3n) is 8.42. The van der Waals surface area contributed by atoms with Crippen molar-refractivity contribution in [3.8, 4) is 0 Å². The summed E-state index contributed by atoms with van der Waals surface area (Å²) in [5.74, 6) is 2.83. The molecule has 154 valence electrons.